The third-order valence-electron chi connectivity index (χ3n) is 6.39. The number of cyclic esters (lactones) is 1. The van der Waals surface area contributed by atoms with Gasteiger partial charge in [-0.25, -0.2) is 0 Å². The average molecular weight is 464 g/mol. The highest BCUT2D eigenvalue weighted by atomic mass is 16.5. The maximum Gasteiger partial charge on any atom is 0.306 e. The smallest absolute Gasteiger partial charge is 0.306 e. The predicted octanol–water partition coefficient (Wildman–Crippen LogP) is 5.95. The van der Waals surface area contributed by atoms with E-state index in [2.05, 4.69) is 23.3 Å². The second kappa shape index (κ2) is 13.0. The molecule has 1 aliphatic heterocycles. The van der Waals surface area contributed by atoms with Crippen LogP contribution >= 0.6 is 0 Å². The molecule has 6 nitrogen and oxygen atoms in total. The molecule has 0 spiro atoms. The summed E-state index contributed by atoms with van der Waals surface area (Å²) in [5, 5.41) is 8.65. The predicted molar refractivity (Wildman–Crippen MR) is 134 cm³/mol. The first kappa shape index (κ1) is 25.6. The summed E-state index contributed by atoms with van der Waals surface area (Å²) in [7, 11) is 0. The van der Waals surface area contributed by atoms with Crippen molar-refractivity contribution in [2.24, 2.45) is 11.8 Å². The molecule has 2 heterocycles. The van der Waals surface area contributed by atoms with Gasteiger partial charge in [-0.1, -0.05) is 80.0 Å². The number of ether oxygens (including phenoxy) is 1. The second-order valence-electron chi connectivity index (χ2n) is 9.39. The van der Waals surface area contributed by atoms with Crippen molar-refractivity contribution in [3.05, 3.63) is 60.3 Å². The van der Waals surface area contributed by atoms with E-state index < -0.39 is 0 Å². The summed E-state index contributed by atoms with van der Waals surface area (Å²) in [6.07, 6.45) is 12.7. The van der Waals surface area contributed by atoms with Gasteiger partial charge in [-0.05, 0) is 38.2 Å². The maximum atomic E-state index is 12.7. The Morgan fingerprint density at radius 1 is 1.06 bits per heavy atom. The van der Waals surface area contributed by atoms with Gasteiger partial charge in [0.15, 0.2) is 5.78 Å². The van der Waals surface area contributed by atoms with E-state index in [-0.39, 0.29) is 23.8 Å². The first-order valence-corrected chi connectivity index (χ1v) is 12.5. The number of carbonyl (C=O) groups is 2. The van der Waals surface area contributed by atoms with Gasteiger partial charge in [-0.2, -0.15) is 0 Å². The number of allylic oxidation sites excluding steroid dienone is 3. The zero-order valence-corrected chi connectivity index (χ0v) is 20.7. The monoisotopic (exact) mass is 463 g/mol. The fourth-order valence-corrected chi connectivity index (χ4v) is 4.33. The van der Waals surface area contributed by atoms with Crippen molar-refractivity contribution in [2.75, 3.05) is 0 Å². The van der Waals surface area contributed by atoms with Gasteiger partial charge in [0.1, 0.15) is 11.8 Å². The summed E-state index contributed by atoms with van der Waals surface area (Å²) in [6, 6.07) is 9.93. The Balaban J connectivity index is 1.83. The first-order valence-electron chi connectivity index (χ1n) is 12.5. The Hall–Kier alpha value is -3.02. The molecule has 3 atom stereocenters. The molecule has 1 aromatic heterocycles. The summed E-state index contributed by atoms with van der Waals surface area (Å²) >= 11 is 0. The summed E-state index contributed by atoms with van der Waals surface area (Å²) < 4.78 is 7.77. The molecule has 0 saturated carbocycles. The third kappa shape index (κ3) is 8.08. The summed E-state index contributed by atoms with van der Waals surface area (Å²) in [5.41, 5.74) is 2.78. The molecule has 0 fully saturated rings. The molecule has 182 valence electrons. The van der Waals surface area contributed by atoms with E-state index in [4.69, 9.17) is 4.74 Å². The van der Waals surface area contributed by atoms with Gasteiger partial charge in [0, 0.05) is 24.3 Å². The minimum Gasteiger partial charge on any atom is -0.462 e. The highest BCUT2D eigenvalue weighted by molar-refractivity contribution is 5.89. The fraction of sp³-hybridized carbons (Fsp3) is 0.500. The van der Waals surface area contributed by atoms with Crippen LogP contribution in [0, 0.1) is 11.8 Å². The van der Waals surface area contributed by atoms with Gasteiger partial charge in [0.2, 0.25) is 0 Å². The first-order chi connectivity index (χ1) is 16.4. The van der Waals surface area contributed by atoms with Gasteiger partial charge in [0.25, 0.3) is 0 Å². The molecule has 0 saturated heterocycles. The molecule has 6 heteroatoms. The van der Waals surface area contributed by atoms with Crippen LogP contribution in [0.4, 0.5) is 0 Å². The normalized spacial score (nSPS) is 25.9. The van der Waals surface area contributed by atoms with Crippen molar-refractivity contribution in [2.45, 2.75) is 78.4 Å². The van der Waals surface area contributed by atoms with Crippen molar-refractivity contribution >= 4 is 11.8 Å². The zero-order chi connectivity index (χ0) is 24.3. The highest BCUT2D eigenvalue weighted by Crippen LogP contribution is 2.23. The van der Waals surface area contributed by atoms with Crippen LogP contribution in [-0.2, 0) is 20.9 Å². The molecular weight excluding hydrogens is 426 g/mol. The Morgan fingerprint density at radius 2 is 1.85 bits per heavy atom. The molecule has 0 amide bonds. The van der Waals surface area contributed by atoms with Crippen LogP contribution in [0.2, 0.25) is 0 Å². The van der Waals surface area contributed by atoms with Crippen LogP contribution in [0.25, 0.3) is 11.3 Å². The Labute approximate surface area is 203 Å². The van der Waals surface area contributed by atoms with Crippen LogP contribution in [-0.4, -0.2) is 32.9 Å². The largest absolute Gasteiger partial charge is 0.462 e. The minimum atomic E-state index is -0.279. The van der Waals surface area contributed by atoms with E-state index in [0.29, 0.717) is 31.7 Å². The van der Waals surface area contributed by atoms with Crippen molar-refractivity contribution in [3.8, 4) is 11.3 Å². The molecule has 3 rings (SSSR count). The second-order valence-corrected chi connectivity index (χ2v) is 9.39. The number of hydrogen-bond acceptors (Lipinski definition) is 5. The van der Waals surface area contributed by atoms with E-state index in [1.54, 1.807) is 6.08 Å². The number of hydrogen-bond donors (Lipinski definition) is 0. The summed E-state index contributed by atoms with van der Waals surface area (Å²) in [4.78, 5) is 24.9. The SMILES string of the molecule is CCC1OC(=O)CC[C@H](C)CCCCC(=O)/C=C/C(C)=C/C1Cn1cc(-c2ccccc2)nn1. The molecule has 2 aromatic rings. The van der Waals surface area contributed by atoms with E-state index in [1.807, 2.05) is 61.1 Å². The molecule has 1 aromatic carbocycles. The molecule has 0 radical (unpaired) electrons. The van der Waals surface area contributed by atoms with Gasteiger partial charge in [-0.3, -0.25) is 14.3 Å². The topological polar surface area (TPSA) is 74.1 Å². The molecular formula is C28H37N3O3. The maximum absolute atomic E-state index is 12.7. The zero-order valence-electron chi connectivity index (χ0n) is 20.7. The Bertz CT molecular complexity index is 993. The average Bonchev–Trinajstić information content (AvgIpc) is 3.31. The van der Waals surface area contributed by atoms with Crippen molar-refractivity contribution in [1.82, 2.24) is 15.0 Å². The van der Waals surface area contributed by atoms with E-state index in [0.717, 1.165) is 42.5 Å². The van der Waals surface area contributed by atoms with Gasteiger partial charge in [-0.15, -0.1) is 5.10 Å². The van der Waals surface area contributed by atoms with Crippen molar-refractivity contribution in [3.63, 3.8) is 0 Å². The lowest BCUT2D eigenvalue weighted by Crippen LogP contribution is -2.29. The van der Waals surface area contributed by atoms with Gasteiger partial charge < -0.3 is 4.74 Å². The lowest BCUT2D eigenvalue weighted by atomic mass is 9.95. The summed E-state index contributed by atoms with van der Waals surface area (Å²) in [6.45, 7) is 6.71. The number of aromatic nitrogens is 3. The summed E-state index contributed by atoms with van der Waals surface area (Å²) in [5.74, 6) is 0.363. The number of esters is 1. The van der Waals surface area contributed by atoms with Crippen LogP contribution in [0.15, 0.2) is 60.3 Å². The number of carbonyl (C=O) groups excluding carboxylic acids is 2. The van der Waals surface area contributed by atoms with Gasteiger partial charge in [0.05, 0.1) is 12.7 Å². The van der Waals surface area contributed by atoms with Crippen LogP contribution in [0.3, 0.4) is 0 Å². The number of rotatable bonds is 4. The van der Waals surface area contributed by atoms with E-state index in [9.17, 15) is 9.59 Å². The van der Waals surface area contributed by atoms with E-state index in [1.165, 1.54) is 0 Å². The van der Waals surface area contributed by atoms with Crippen LogP contribution in [0.5, 0.6) is 0 Å². The highest BCUT2D eigenvalue weighted by Gasteiger charge is 2.24. The van der Waals surface area contributed by atoms with Gasteiger partial charge >= 0.3 is 5.97 Å². The lowest BCUT2D eigenvalue weighted by molar-refractivity contribution is -0.151. The quantitative estimate of drug-likeness (QED) is 0.524. The number of nitrogens with zero attached hydrogens (tertiary/aromatic N) is 3. The standard InChI is InChI=1S/C28H37N3O3/c1-4-27-24(19-31-20-26(29-30-31)23-11-6-5-7-12-23)18-22(3)14-16-25(32)13-9-8-10-21(2)15-17-28(33)34-27/h5-7,11-12,14,16,18,20-21,24,27H,4,8-10,13,15,17,19H2,1-3H3/b16-14+,22-18+/t21-,24?,27?/m1/s1. The van der Waals surface area contributed by atoms with Crippen LogP contribution in [0.1, 0.15) is 65.7 Å². The molecule has 1 aliphatic rings. The molecule has 0 bridgehead atoms. The van der Waals surface area contributed by atoms with Crippen molar-refractivity contribution < 1.29 is 14.3 Å². The number of ketones is 1. The number of benzene rings is 1. The lowest BCUT2D eigenvalue weighted by Gasteiger charge is -2.25. The molecule has 34 heavy (non-hydrogen) atoms. The van der Waals surface area contributed by atoms with Crippen LogP contribution < -0.4 is 0 Å². The Morgan fingerprint density at radius 3 is 2.62 bits per heavy atom. The van der Waals surface area contributed by atoms with E-state index >= 15 is 0 Å². The fourth-order valence-electron chi connectivity index (χ4n) is 4.33. The third-order valence-corrected chi connectivity index (χ3v) is 6.39. The molecule has 0 aliphatic carbocycles. The van der Waals surface area contributed by atoms with Crippen molar-refractivity contribution in [1.29, 1.82) is 0 Å². The molecule has 2 unspecified atom stereocenters. The molecule has 0 N–H and O–H groups in total. The Kier molecular flexibility index (Phi) is 9.80. The minimum absolute atomic E-state index is 0.0932.